The summed E-state index contributed by atoms with van der Waals surface area (Å²) in [7, 11) is -1.11. The number of hydrogen-bond donors (Lipinski definition) is 0. The molecule has 2 saturated heterocycles. The van der Waals surface area contributed by atoms with Crippen LogP contribution in [0.2, 0.25) is 0 Å². The summed E-state index contributed by atoms with van der Waals surface area (Å²) in [6.07, 6.45) is 0. The van der Waals surface area contributed by atoms with E-state index in [9.17, 15) is 9.00 Å². The fourth-order valence-electron chi connectivity index (χ4n) is 0.686. The molecule has 6 heteroatoms. The number of carbonyl (C=O) groups is 1. The molecule has 2 aliphatic rings. The predicted octanol–water partition coefficient (Wildman–Crippen LogP) is 0.506. The Labute approximate surface area is 97.8 Å². The first kappa shape index (κ1) is 13.5. The van der Waals surface area contributed by atoms with Crippen LogP contribution in [-0.2, 0) is 25.3 Å². The normalized spacial score (nSPS) is 21.2. The maximum Gasteiger partial charge on any atom is 0.184 e. The lowest BCUT2D eigenvalue weighted by Crippen LogP contribution is -2.30. The number of rotatable bonds is 1. The van der Waals surface area contributed by atoms with Crippen LogP contribution in [0.4, 0.5) is 0 Å². The molecule has 0 bridgehead atoms. The summed E-state index contributed by atoms with van der Waals surface area (Å²) in [5, 5.41) is 0. The van der Waals surface area contributed by atoms with Crippen molar-refractivity contribution in [3.05, 3.63) is 0 Å². The van der Waals surface area contributed by atoms with Gasteiger partial charge in [0, 0.05) is 0 Å². The second-order valence-corrected chi connectivity index (χ2v) is 6.45. The van der Waals surface area contributed by atoms with Crippen LogP contribution in [0.3, 0.4) is 0 Å². The number of carbonyl (C=O) groups excluding carboxylic acids is 1. The van der Waals surface area contributed by atoms with Gasteiger partial charge >= 0.3 is 0 Å². The monoisotopic (exact) mass is 247 g/mol. The van der Waals surface area contributed by atoms with E-state index in [1.165, 1.54) is 0 Å². The summed E-state index contributed by atoms with van der Waals surface area (Å²) in [6.45, 7) is 7.54. The molecular weight excluding hydrogens is 230 g/mol. The average Bonchev–Trinajstić information content (AvgIpc) is 2.07. The Kier molecular flexibility index (Phi) is 4.76. The van der Waals surface area contributed by atoms with Gasteiger partial charge in [-0.05, 0) is 20.8 Å². The number of Topliss-reactive ketones (excluding diaryl/α,β-unsaturated/α-hetero) is 1. The van der Waals surface area contributed by atoms with Gasteiger partial charge in [0.15, 0.2) is 5.78 Å². The van der Waals surface area contributed by atoms with E-state index in [2.05, 4.69) is 9.13 Å². The van der Waals surface area contributed by atoms with Crippen LogP contribution in [0.15, 0.2) is 4.40 Å². The molecule has 0 aromatic rings. The van der Waals surface area contributed by atoms with Crippen molar-refractivity contribution >= 4 is 22.5 Å². The Bertz CT molecular complexity index is 307. The van der Waals surface area contributed by atoms with Crippen LogP contribution < -0.4 is 0 Å². The number of hydrogen-bond acceptors (Lipinski definition) is 4. The molecule has 1 unspecified atom stereocenters. The Morgan fingerprint density at radius 2 is 1.56 bits per heavy atom. The summed E-state index contributed by atoms with van der Waals surface area (Å²) in [6, 6.07) is 0. The summed E-state index contributed by atoms with van der Waals surface area (Å²) in [5.74, 6) is 0.213. The van der Waals surface area contributed by atoms with Crippen LogP contribution in [-0.4, -0.2) is 46.9 Å². The van der Waals surface area contributed by atoms with Gasteiger partial charge in [-0.1, -0.05) is 0 Å². The molecule has 0 radical (unpaired) electrons. The van der Waals surface area contributed by atoms with Gasteiger partial charge < -0.3 is 9.47 Å². The van der Waals surface area contributed by atoms with Crippen LogP contribution in [0, 0.1) is 0 Å². The molecule has 2 fully saturated rings. The number of nitrogens with zero attached hydrogens (tertiary/aromatic N) is 1. The van der Waals surface area contributed by atoms with Gasteiger partial charge in [0.25, 0.3) is 0 Å². The second-order valence-electron chi connectivity index (χ2n) is 4.54. The van der Waals surface area contributed by atoms with E-state index in [-0.39, 0.29) is 10.5 Å². The molecule has 2 rings (SSSR count). The minimum Gasteiger partial charge on any atom is -0.369 e. The van der Waals surface area contributed by atoms with Gasteiger partial charge in [-0.15, -0.1) is 0 Å². The largest absolute Gasteiger partial charge is 0.369 e. The van der Waals surface area contributed by atoms with E-state index in [1.54, 1.807) is 0 Å². The smallest absolute Gasteiger partial charge is 0.184 e. The van der Waals surface area contributed by atoms with Crippen molar-refractivity contribution in [1.82, 2.24) is 0 Å². The molecule has 0 saturated carbocycles. The minimum absolute atomic E-state index is 0.213. The van der Waals surface area contributed by atoms with E-state index in [4.69, 9.17) is 4.74 Å². The van der Waals surface area contributed by atoms with Crippen molar-refractivity contribution in [2.45, 2.75) is 25.5 Å². The summed E-state index contributed by atoms with van der Waals surface area (Å²) in [4.78, 5) is 9.77. The fourth-order valence-corrected chi connectivity index (χ4v) is 1.30. The first-order valence-electron chi connectivity index (χ1n) is 5.05. The highest BCUT2D eigenvalue weighted by molar-refractivity contribution is 7.85. The summed E-state index contributed by atoms with van der Waals surface area (Å²) < 4.78 is 24.5. The molecule has 0 aromatic carbocycles. The van der Waals surface area contributed by atoms with E-state index in [0.717, 1.165) is 5.71 Å². The molecule has 5 nitrogen and oxygen atoms in total. The van der Waals surface area contributed by atoms with E-state index < -0.39 is 11.0 Å². The quantitative estimate of drug-likeness (QED) is 0.677. The summed E-state index contributed by atoms with van der Waals surface area (Å²) in [5.41, 5.74) is 0.915. The van der Waals surface area contributed by atoms with Crippen molar-refractivity contribution in [3.8, 4) is 0 Å². The molecule has 0 N–H and O–H groups in total. The lowest BCUT2D eigenvalue weighted by atomic mass is 10.3. The lowest BCUT2D eigenvalue weighted by Gasteiger charge is -2.19. The molecule has 16 heavy (non-hydrogen) atoms. The van der Waals surface area contributed by atoms with Crippen molar-refractivity contribution in [2.75, 3.05) is 26.4 Å². The summed E-state index contributed by atoms with van der Waals surface area (Å²) >= 11 is 0. The average molecular weight is 247 g/mol. The zero-order valence-corrected chi connectivity index (χ0v) is 10.6. The van der Waals surface area contributed by atoms with Crippen LogP contribution in [0.25, 0.3) is 0 Å². The van der Waals surface area contributed by atoms with Crippen LogP contribution in [0.1, 0.15) is 20.8 Å². The fraction of sp³-hybridized carbons (Fsp3) is 0.800. The van der Waals surface area contributed by atoms with Crippen molar-refractivity contribution in [2.24, 2.45) is 4.40 Å². The van der Waals surface area contributed by atoms with E-state index in [1.807, 2.05) is 20.8 Å². The van der Waals surface area contributed by atoms with Gasteiger partial charge in [-0.2, -0.15) is 4.40 Å². The zero-order chi connectivity index (χ0) is 12.2. The van der Waals surface area contributed by atoms with Crippen molar-refractivity contribution in [3.63, 3.8) is 0 Å². The Balaban J connectivity index is 0.000000212. The number of ether oxygens (including phenoxy) is 2. The first-order chi connectivity index (χ1) is 7.39. The topological polar surface area (TPSA) is 65.0 Å². The highest BCUT2D eigenvalue weighted by Gasteiger charge is 2.21. The van der Waals surface area contributed by atoms with Gasteiger partial charge in [0.1, 0.15) is 24.2 Å². The van der Waals surface area contributed by atoms with E-state index in [0.29, 0.717) is 26.4 Å². The standard InChI is InChI=1S/C7H13NO2S.C3H4O2/c1-7(2,3)11(9)8-6-4-10-5-6;4-3-1-5-2-3/h4-5H2,1-3H3;1-2H2. The second kappa shape index (κ2) is 5.65. The molecule has 2 aliphatic heterocycles. The van der Waals surface area contributed by atoms with Crippen molar-refractivity contribution < 1.29 is 18.5 Å². The SMILES string of the molecule is CC(C)(C)S(=O)N=C1COC1.O=C1COC1. The third-order valence-electron chi connectivity index (χ3n) is 1.80. The Hall–Kier alpha value is -0.590. The highest BCUT2D eigenvalue weighted by Crippen LogP contribution is 2.13. The Morgan fingerprint density at radius 3 is 1.75 bits per heavy atom. The highest BCUT2D eigenvalue weighted by atomic mass is 32.2. The first-order valence-corrected chi connectivity index (χ1v) is 6.16. The zero-order valence-electron chi connectivity index (χ0n) is 9.82. The Morgan fingerprint density at radius 1 is 1.12 bits per heavy atom. The van der Waals surface area contributed by atoms with Gasteiger partial charge in [-0.3, -0.25) is 4.79 Å². The van der Waals surface area contributed by atoms with Gasteiger partial charge in [0.2, 0.25) is 0 Å². The maximum absolute atomic E-state index is 11.3. The molecule has 0 spiro atoms. The molecule has 0 amide bonds. The van der Waals surface area contributed by atoms with Gasteiger partial charge in [-0.25, -0.2) is 4.21 Å². The van der Waals surface area contributed by atoms with E-state index >= 15 is 0 Å². The van der Waals surface area contributed by atoms with Crippen molar-refractivity contribution in [1.29, 1.82) is 0 Å². The van der Waals surface area contributed by atoms with Gasteiger partial charge in [0.05, 0.1) is 23.7 Å². The minimum atomic E-state index is -1.11. The molecule has 0 aliphatic carbocycles. The molecule has 2 heterocycles. The molecular formula is C10H17NO4S. The number of ketones is 1. The lowest BCUT2D eigenvalue weighted by molar-refractivity contribution is -0.140. The van der Waals surface area contributed by atoms with Crippen LogP contribution in [0.5, 0.6) is 0 Å². The predicted molar refractivity (Wildman–Crippen MR) is 62.0 cm³/mol. The maximum atomic E-state index is 11.3. The third-order valence-corrected chi connectivity index (χ3v) is 3.27. The third kappa shape index (κ3) is 4.51. The molecule has 0 aromatic heterocycles. The molecule has 1 atom stereocenters. The molecule has 92 valence electrons. The van der Waals surface area contributed by atoms with Crippen LogP contribution >= 0.6 is 0 Å².